The van der Waals surface area contributed by atoms with Crippen molar-refractivity contribution in [2.24, 2.45) is 5.73 Å². The van der Waals surface area contributed by atoms with Crippen molar-refractivity contribution in [2.75, 3.05) is 6.54 Å². The maximum atomic E-state index is 12.8. The van der Waals surface area contributed by atoms with Crippen molar-refractivity contribution < 1.29 is 17.6 Å². The zero-order chi connectivity index (χ0) is 15.3. The van der Waals surface area contributed by atoms with Gasteiger partial charge in [-0.3, -0.25) is 4.79 Å². The Morgan fingerprint density at radius 3 is 2.35 bits per heavy atom. The zero-order valence-electron chi connectivity index (χ0n) is 11.5. The van der Waals surface area contributed by atoms with E-state index in [9.17, 15) is 17.6 Å². The SMILES string of the molecule is CC(CC(=O)N[C@@H](C)CN)S(=O)(=O)c1ccc(F)cc1. The maximum Gasteiger partial charge on any atom is 0.221 e. The number of nitrogens with two attached hydrogens (primary N) is 1. The third kappa shape index (κ3) is 4.28. The van der Waals surface area contributed by atoms with Crippen LogP contribution in [-0.2, 0) is 14.6 Å². The van der Waals surface area contributed by atoms with E-state index in [-0.39, 0.29) is 29.8 Å². The van der Waals surface area contributed by atoms with E-state index in [0.717, 1.165) is 12.1 Å². The van der Waals surface area contributed by atoms with Crippen molar-refractivity contribution in [1.29, 1.82) is 0 Å². The monoisotopic (exact) mass is 302 g/mol. The molecule has 112 valence electrons. The molecule has 1 aromatic carbocycles. The quantitative estimate of drug-likeness (QED) is 0.762. The van der Waals surface area contributed by atoms with Gasteiger partial charge in [0.05, 0.1) is 10.1 Å². The maximum absolute atomic E-state index is 12.8. The van der Waals surface area contributed by atoms with Gasteiger partial charge >= 0.3 is 0 Å². The highest BCUT2D eigenvalue weighted by Gasteiger charge is 2.25. The molecule has 1 amide bonds. The van der Waals surface area contributed by atoms with E-state index in [2.05, 4.69) is 5.32 Å². The average molecular weight is 302 g/mol. The van der Waals surface area contributed by atoms with Crippen LogP contribution in [0.4, 0.5) is 4.39 Å². The number of halogens is 1. The summed E-state index contributed by atoms with van der Waals surface area (Å²) in [5.41, 5.74) is 5.37. The van der Waals surface area contributed by atoms with Gasteiger partial charge in [-0.2, -0.15) is 0 Å². The van der Waals surface area contributed by atoms with Gasteiger partial charge in [-0.1, -0.05) is 0 Å². The van der Waals surface area contributed by atoms with Crippen molar-refractivity contribution in [3.63, 3.8) is 0 Å². The molecule has 0 aliphatic carbocycles. The lowest BCUT2D eigenvalue weighted by molar-refractivity contribution is -0.121. The predicted molar refractivity (Wildman–Crippen MR) is 74.3 cm³/mol. The molecule has 20 heavy (non-hydrogen) atoms. The van der Waals surface area contributed by atoms with E-state index in [1.54, 1.807) is 6.92 Å². The molecule has 0 aliphatic heterocycles. The summed E-state index contributed by atoms with van der Waals surface area (Å²) in [5, 5.41) is 1.71. The van der Waals surface area contributed by atoms with Crippen LogP contribution in [0.25, 0.3) is 0 Å². The summed E-state index contributed by atoms with van der Waals surface area (Å²) in [6, 6.07) is 4.35. The van der Waals surface area contributed by atoms with Gasteiger partial charge in [0.25, 0.3) is 0 Å². The summed E-state index contributed by atoms with van der Waals surface area (Å²) in [4.78, 5) is 11.7. The second-order valence-electron chi connectivity index (χ2n) is 4.72. The molecule has 7 heteroatoms. The van der Waals surface area contributed by atoms with E-state index >= 15 is 0 Å². The summed E-state index contributed by atoms with van der Waals surface area (Å²) < 4.78 is 37.2. The molecule has 3 N–H and O–H groups in total. The molecule has 2 atom stereocenters. The number of carbonyl (C=O) groups excluding carboxylic acids is 1. The van der Waals surface area contributed by atoms with E-state index < -0.39 is 20.9 Å². The Hall–Kier alpha value is -1.47. The topological polar surface area (TPSA) is 89.3 Å². The van der Waals surface area contributed by atoms with Gasteiger partial charge in [0.2, 0.25) is 5.91 Å². The molecule has 5 nitrogen and oxygen atoms in total. The first kappa shape index (κ1) is 16.6. The Kier molecular flexibility index (Phi) is 5.64. The first-order chi connectivity index (χ1) is 9.27. The summed E-state index contributed by atoms with van der Waals surface area (Å²) in [6.45, 7) is 3.47. The van der Waals surface area contributed by atoms with E-state index in [4.69, 9.17) is 5.73 Å². The Morgan fingerprint density at radius 2 is 1.85 bits per heavy atom. The van der Waals surface area contributed by atoms with Crippen LogP contribution in [0.2, 0.25) is 0 Å². The Morgan fingerprint density at radius 1 is 1.30 bits per heavy atom. The Bertz CT molecular complexity index is 557. The molecule has 0 aliphatic rings. The van der Waals surface area contributed by atoms with Crippen LogP contribution in [0.5, 0.6) is 0 Å². The molecule has 0 bridgehead atoms. The highest BCUT2D eigenvalue weighted by molar-refractivity contribution is 7.92. The second kappa shape index (κ2) is 6.81. The molecule has 0 heterocycles. The number of amides is 1. The highest BCUT2D eigenvalue weighted by Crippen LogP contribution is 2.18. The first-order valence-corrected chi connectivity index (χ1v) is 7.81. The Labute approximate surface area is 118 Å². The minimum Gasteiger partial charge on any atom is -0.352 e. The van der Waals surface area contributed by atoms with Gasteiger partial charge in [0.15, 0.2) is 9.84 Å². The van der Waals surface area contributed by atoms with Crippen LogP contribution in [0.3, 0.4) is 0 Å². The largest absolute Gasteiger partial charge is 0.352 e. The van der Waals surface area contributed by atoms with E-state index in [1.807, 2.05) is 0 Å². The minimum absolute atomic E-state index is 0.00562. The number of nitrogens with one attached hydrogen (secondary N) is 1. The molecule has 1 unspecified atom stereocenters. The number of hydrogen-bond acceptors (Lipinski definition) is 4. The van der Waals surface area contributed by atoms with Crippen molar-refractivity contribution >= 4 is 15.7 Å². The third-order valence-corrected chi connectivity index (χ3v) is 5.06. The van der Waals surface area contributed by atoms with Crippen molar-refractivity contribution in [1.82, 2.24) is 5.32 Å². The number of hydrogen-bond donors (Lipinski definition) is 2. The zero-order valence-corrected chi connectivity index (χ0v) is 12.3. The van der Waals surface area contributed by atoms with Gasteiger partial charge in [-0.15, -0.1) is 0 Å². The van der Waals surface area contributed by atoms with Gasteiger partial charge in [0.1, 0.15) is 5.82 Å². The lowest BCUT2D eigenvalue weighted by Gasteiger charge is -2.15. The number of sulfone groups is 1. The number of benzene rings is 1. The lowest BCUT2D eigenvalue weighted by Crippen LogP contribution is -2.39. The van der Waals surface area contributed by atoms with Crippen LogP contribution >= 0.6 is 0 Å². The van der Waals surface area contributed by atoms with Crippen LogP contribution in [0.15, 0.2) is 29.2 Å². The standard InChI is InChI=1S/C13H19FN2O3S/c1-9(8-15)16-13(17)7-10(2)20(18,19)12-5-3-11(14)4-6-12/h3-6,9-10H,7-8,15H2,1-2H3,(H,16,17)/t9-,10?/m0/s1. The van der Waals surface area contributed by atoms with Crippen LogP contribution in [-0.4, -0.2) is 32.2 Å². The fourth-order valence-electron chi connectivity index (χ4n) is 1.62. The third-order valence-electron chi connectivity index (χ3n) is 2.91. The van der Waals surface area contributed by atoms with Gasteiger partial charge < -0.3 is 11.1 Å². The normalized spacial score (nSPS) is 14.6. The second-order valence-corrected chi connectivity index (χ2v) is 7.08. The van der Waals surface area contributed by atoms with Crippen LogP contribution in [0.1, 0.15) is 20.3 Å². The van der Waals surface area contributed by atoms with Crippen molar-refractivity contribution in [3.05, 3.63) is 30.1 Å². The molecule has 0 radical (unpaired) electrons. The highest BCUT2D eigenvalue weighted by atomic mass is 32.2. The molecular formula is C13H19FN2O3S. The van der Waals surface area contributed by atoms with Gasteiger partial charge in [0, 0.05) is 19.0 Å². The van der Waals surface area contributed by atoms with Gasteiger partial charge in [-0.25, -0.2) is 12.8 Å². The van der Waals surface area contributed by atoms with Crippen LogP contribution in [0, 0.1) is 5.82 Å². The van der Waals surface area contributed by atoms with Crippen molar-refractivity contribution in [2.45, 2.75) is 36.5 Å². The molecule has 0 aromatic heterocycles. The molecule has 0 saturated heterocycles. The minimum atomic E-state index is -3.65. The summed E-state index contributed by atoms with van der Waals surface area (Å²) in [5.74, 6) is -0.882. The smallest absolute Gasteiger partial charge is 0.221 e. The first-order valence-electron chi connectivity index (χ1n) is 6.26. The molecule has 1 aromatic rings. The molecular weight excluding hydrogens is 283 g/mol. The van der Waals surface area contributed by atoms with Gasteiger partial charge in [-0.05, 0) is 38.1 Å². The summed E-state index contributed by atoms with van der Waals surface area (Å²) >= 11 is 0. The fourth-order valence-corrected chi connectivity index (χ4v) is 2.97. The van der Waals surface area contributed by atoms with Crippen LogP contribution < -0.4 is 11.1 Å². The molecule has 0 saturated carbocycles. The Balaban J connectivity index is 2.77. The number of carbonyl (C=O) groups is 1. The fraction of sp³-hybridized carbons (Fsp3) is 0.462. The molecule has 1 rings (SSSR count). The molecule has 0 fully saturated rings. The lowest BCUT2D eigenvalue weighted by atomic mass is 10.3. The number of rotatable bonds is 6. The van der Waals surface area contributed by atoms with Crippen molar-refractivity contribution in [3.8, 4) is 0 Å². The summed E-state index contributed by atoms with van der Waals surface area (Å²) in [6.07, 6.45) is -0.163. The molecule has 0 spiro atoms. The van der Waals surface area contributed by atoms with E-state index in [0.29, 0.717) is 0 Å². The predicted octanol–water partition coefficient (Wildman–Crippen LogP) is 0.841. The van der Waals surface area contributed by atoms with E-state index in [1.165, 1.54) is 19.1 Å². The average Bonchev–Trinajstić information content (AvgIpc) is 2.38. The summed E-state index contributed by atoms with van der Waals surface area (Å²) in [7, 11) is -3.65.